The zero-order chi connectivity index (χ0) is 14.4. The van der Waals surface area contributed by atoms with Crippen LogP contribution >= 0.6 is 0 Å². The number of anilines is 1. The van der Waals surface area contributed by atoms with Gasteiger partial charge in [0.05, 0.1) is 11.7 Å². The highest BCUT2D eigenvalue weighted by molar-refractivity contribution is 5.76. The van der Waals surface area contributed by atoms with Crippen molar-refractivity contribution in [2.45, 2.75) is 25.8 Å². The summed E-state index contributed by atoms with van der Waals surface area (Å²) in [5.41, 5.74) is 8.34. The third-order valence-electron chi connectivity index (χ3n) is 3.13. The summed E-state index contributed by atoms with van der Waals surface area (Å²) >= 11 is 0. The number of aryl methyl sites for hydroxylation is 1. The van der Waals surface area contributed by atoms with Crippen LogP contribution in [0.4, 0.5) is 5.69 Å². The quantitative estimate of drug-likeness (QED) is 0.819. The van der Waals surface area contributed by atoms with Crippen LogP contribution in [0, 0.1) is 0 Å². The fraction of sp³-hybridized carbons (Fsp3) is 0.250. The van der Waals surface area contributed by atoms with Gasteiger partial charge in [0, 0.05) is 18.3 Å². The predicted molar refractivity (Wildman–Crippen MR) is 80.0 cm³/mol. The van der Waals surface area contributed by atoms with Crippen molar-refractivity contribution in [3.8, 4) is 0 Å². The monoisotopic (exact) mass is 269 g/mol. The zero-order valence-electron chi connectivity index (χ0n) is 11.5. The first kappa shape index (κ1) is 14.1. The van der Waals surface area contributed by atoms with Crippen molar-refractivity contribution in [2.24, 2.45) is 0 Å². The topological polar surface area (TPSA) is 68.0 Å². The molecule has 0 radical (unpaired) electrons. The molecule has 0 fully saturated rings. The van der Waals surface area contributed by atoms with E-state index in [-0.39, 0.29) is 11.9 Å². The van der Waals surface area contributed by atoms with E-state index in [0.29, 0.717) is 12.8 Å². The Hall–Kier alpha value is -2.36. The Morgan fingerprint density at radius 3 is 2.65 bits per heavy atom. The fourth-order valence-electron chi connectivity index (χ4n) is 1.96. The first-order chi connectivity index (χ1) is 9.65. The van der Waals surface area contributed by atoms with Gasteiger partial charge in [0.15, 0.2) is 0 Å². The molecule has 0 saturated heterocycles. The van der Waals surface area contributed by atoms with E-state index in [4.69, 9.17) is 5.73 Å². The van der Waals surface area contributed by atoms with Crippen LogP contribution in [0.25, 0.3) is 0 Å². The molecule has 4 nitrogen and oxygen atoms in total. The first-order valence-electron chi connectivity index (χ1n) is 6.70. The van der Waals surface area contributed by atoms with Crippen LogP contribution in [-0.4, -0.2) is 10.9 Å². The highest BCUT2D eigenvalue weighted by atomic mass is 16.1. The first-order valence-corrected chi connectivity index (χ1v) is 6.70. The smallest absolute Gasteiger partial charge is 0.220 e. The van der Waals surface area contributed by atoms with E-state index < -0.39 is 0 Å². The van der Waals surface area contributed by atoms with Crippen LogP contribution in [0.1, 0.15) is 30.6 Å². The van der Waals surface area contributed by atoms with Gasteiger partial charge in [-0.1, -0.05) is 18.2 Å². The molecule has 1 aromatic carbocycles. The average molecular weight is 269 g/mol. The zero-order valence-corrected chi connectivity index (χ0v) is 11.5. The van der Waals surface area contributed by atoms with E-state index in [1.807, 2.05) is 49.4 Å². The van der Waals surface area contributed by atoms with Crippen molar-refractivity contribution in [3.05, 3.63) is 59.9 Å². The number of carbonyl (C=O) groups excluding carboxylic acids is 1. The van der Waals surface area contributed by atoms with Gasteiger partial charge in [-0.2, -0.15) is 0 Å². The molecule has 0 aliphatic heterocycles. The van der Waals surface area contributed by atoms with Crippen molar-refractivity contribution in [2.75, 3.05) is 5.73 Å². The molecule has 4 heteroatoms. The molecule has 1 unspecified atom stereocenters. The summed E-state index contributed by atoms with van der Waals surface area (Å²) in [5, 5.41) is 2.95. The number of nitrogens with one attached hydrogen (secondary N) is 1. The number of benzene rings is 1. The van der Waals surface area contributed by atoms with E-state index >= 15 is 0 Å². The van der Waals surface area contributed by atoms with Crippen molar-refractivity contribution in [3.63, 3.8) is 0 Å². The molecule has 2 aromatic rings. The summed E-state index contributed by atoms with van der Waals surface area (Å²) < 4.78 is 0. The number of nitrogens with zero attached hydrogens (tertiary/aromatic N) is 1. The molecule has 20 heavy (non-hydrogen) atoms. The Bertz CT molecular complexity index is 552. The van der Waals surface area contributed by atoms with Crippen LogP contribution in [-0.2, 0) is 11.2 Å². The normalized spacial score (nSPS) is 11.8. The second-order valence-corrected chi connectivity index (χ2v) is 4.79. The summed E-state index contributed by atoms with van der Waals surface area (Å²) in [7, 11) is 0. The van der Waals surface area contributed by atoms with Gasteiger partial charge in [-0.05, 0) is 43.2 Å². The minimum atomic E-state index is -0.0740. The van der Waals surface area contributed by atoms with Gasteiger partial charge in [0.2, 0.25) is 5.91 Å². The van der Waals surface area contributed by atoms with Crippen molar-refractivity contribution < 1.29 is 4.79 Å². The number of hydrogen-bond donors (Lipinski definition) is 2. The molecule has 1 aromatic heterocycles. The summed E-state index contributed by atoms with van der Waals surface area (Å²) in [6.07, 6.45) is 2.90. The summed E-state index contributed by atoms with van der Waals surface area (Å²) in [6.45, 7) is 1.93. The Morgan fingerprint density at radius 2 is 2.00 bits per heavy atom. The van der Waals surface area contributed by atoms with E-state index in [1.54, 1.807) is 6.20 Å². The average Bonchev–Trinajstić information content (AvgIpc) is 2.47. The molecule has 0 aliphatic rings. The van der Waals surface area contributed by atoms with Crippen molar-refractivity contribution >= 4 is 11.6 Å². The van der Waals surface area contributed by atoms with Crippen LogP contribution in [0.3, 0.4) is 0 Å². The maximum absolute atomic E-state index is 11.9. The molecule has 0 bridgehead atoms. The van der Waals surface area contributed by atoms with E-state index in [0.717, 1.165) is 16.9 Å². The molecule has 0 saturated carbocycles. The molecule has 3 N–H and O–H groups in total. The summed E-state index contributed by atoms with van der Waals surface area (Å²) in [4.78, 5) is 16.1. The summed E-state index contributed by atoms with van der Waals surface area (Å²) in [6, 6.07) is 13.2. The van der Waals surface area contributed by atoms with Crippen LogP contribution in [0.5, 0.6) is 0 Å². The predicted octanol–water partition coefficient (Wildman–Crippen LogP) is 2.47. The van der Waals surface area contributed by atoms with Gasteiger partial charge in [-0.15, -0.1) is 0 Å². The summed E-state index contributed by atoms with van der Waals surface area (Å²) in [5.74, 6) is 0.0278. The molecule has 1 amide bonds. The minimum absolute atomic E-state index is 0.0278. The van der Waals surface area contributed by atoms with E-state index in [2.05, 4.69) is 10.3 Å². The number of carbonyl (C=O) groups is 1. The van der Waals surface area contributed by atoms with Crippen molar-refractivity contribution in [1.82, 2.24) is 10.3 Å². The standard InChI is InChI=1S/C16H19N3O/c1-12(15-4-2-3-11-18-15)19-16(20)10-7-13-5-8-14(17)9-6-13/h2-6,8-9,11-12H,7,10,17H2,1H3,(H,19,20). The number of nitrogen functional groups attached to an aromatic ring is 1. The molecule has 1 atom stereocenters. The number of aromatic nitrogens is 1. The number of pyridine rings is 1. The Balaban J connectivity index is 1.82. The number of rotatable bonds is 5. The lowest BCUT2D eigenvalue weighted by molar-refractivity contribution is -0.121. The number of nitrogens with two attached hydrogens (primary N) is 1. The minimum Gasteiger partial charge on any atom is -0.399 e. The second kappa shape index (κ2) is 6.70. The van der Waals surface area contributed by atoms with Gasteiger partial charge in [-0.25, -0.2) is 0 Å². The number of hydrogen-bond acceptors (Lipinski definition) is 3. The molecular weight excluding hydrogens is 250 g/mol. The van der Waals surface area contributed by atoms with Gasteiger partial charge in [0.1, 0.15) is 0 Å². The Morgan fingerprint density at radius 1 is 1.25 bits per heavy atom. The van der Waals surface area contributed by atoms with Crippen LogP contribution < -0.4 is 11.1 Å². The van der Waals surface area contributed by atoms with E-state index in [9.17, 15) is 4.79 Å². The third kappa shape index (κ3) is 4.09. The van der Waals surface area contributed by atoms with Crippen LogP contribution in [0.2, 0.25) is 0 Å². The Labute approximate surface area is 119 Å². The molecule has 2 rings (SSSR count). The van der Waals surface area contributed by atoms with E-state index in [1.165, 1.54) is 0 Å². The highest BCUT2D eigenvalue weighted by Gasteiger charge is 2.10. The SMILES string of the molecule is CC(NC(=O)CCc1ccc(N)cc1)c1ccccn1. The molecular formula is C16H19N3O. The highest BCUT2D eigenvalue weighted by Crippen LogP contribution is 2.10. The van der Waals surface area contributed by atoms with Gasteiger partial charge >= 0.3 is 0 Å². The van der Waals surface area contributed by atoms with Gasteiger partial charge in [-0.3, -0.25) is 9.78 Å². The lowest BCUT2D eigenvalue weighted by Gasteiger charge is -2.13. The Kier molecular flexibility index (Phi) is 4.71. The van der Waals surface area contributed by atoms with Crippen molar-refractivity contribution in [1.29, 1.82) is 0 Å². The maximum Gasteiger partial charge on any atom is 0.220 e. The lowest BCUT2D eigenvalue weighted by atomic mass is 10.1. The van der Waals surface area contributed by atoms with Gasteiger partial charge < -0.3 is 11.1 Å². The fourth-order valence-corrected chi connectivity index (χ4v) is 1.96. The molecule has 0 aliphatic carbocycles. The van der Waals surface area contributed by atoms with Gasteiger partial charge in [0.25, 0.3) is 0 Å². The molecule has 1 heterocycles. The molecule has 0 spiro atoms. The number of amides is 1. The largest absolute Gasteiger partial charge is 0.399 e. The lowest BCUT2D eigenvalue weighted by Crippen LogP contribution is -2.27. The maximum atomic E-state index is 11.9. The van der Waals surface area contributed by atoms with Crippen LogP contribution in [0.15, 0.2) is 48.7 Å². The molecule has 104 valence electrons. The second-order valence-electron chi connectivity index (χ2n) is 4.79. The third-order valence-corrected chi connectivity index (χ3v) is 3.13.